The molecule has 1 saturated heterocycles. The fourth-order valence-electron chi connectivity index (χ4n) is 2.33. The average Bonchev–Trinajstić information content (AvgIpc) is 2.52. The summed E-state index contributed by atoms with van der Waals surface area (Å²) in [6.45, 7) is 5.75. The second kappa shape index (κ2) is 9.07. The van der Waals surface area contributed by atoms with Crippen molar-refractivity contribution in [1.29, 1.82) is 0 Å². The molecule has 1 aliphatic rings. The lowest BCUT2D eigenvalue weighted by atomic mass is 10.2. The monoisotopic (exact) mass is 329 g/mol. The maximum Gasteiger partial charge on any atom is 0.288 e. The third-order valence-corrected chi connectivity index (χ3v) is 4.21. The summed E-state index contributed by atoms with van der Waals surface area (Å²) in [5.41, 5.74) is 0.501. The van der Waals surface area contributed by atoms with Gasteiger partial charge in [-0.1, -0.05) is 11.8 Å². The van der Waals surface area contributed by atoms with Gasteiger partial charge in [0.1, 0.15) is 0 Å². The van der Waals surface area contributed by atoms with Crippen LogP contribution in [0.5, 0.6) is 0 Å². The number of hydrogen-bond donors (Lipinski definition) is 2. The highest BCUT2D eigenvalue weighted by Crippen LogP contribution is 2.25. The van der Waals surface area contributed by atoms with Crippen molar-refractivity contribution in [2.75, 3.05) is 39.3 Å². The van der Waals surface area contributed by atoms with Crippen molar-refractivity contribution in [2.24, 2.45) is 0 Å². The quantitative estimate of drug-likeness (QED) is 0.593. The van der Waals surface area contributed by atoms with E-state index in [-0.39, 0.29) is 5.91 Å². The second-order valence-electron chi connectivity index (χ2n) is 5.10. The van der Waals surface area contributed by atoms with Crippen LogP contribution in [0, 0.1) is 0 Å². The van der Waals surface area contributed by atoms with Gasteiger partial charge >= 0.3 is 0 Å². The van der Waals surface area contributed by atoms with Gasteiger partial charge in [-0.2, -0.15) is 8.78 Å². The van der Waals surface area contributed by atoms with E-state index in [0.717, 1.165) is 39.1 Å². The van der Waals surface area contributed by atoms with Gasteiger partial charge in [0.15, 0.2) is 0 Å². The Kier molecular flexibility index (Phi) is 7.08. The molecule has 1 amide bonds. The number of alkyl halides is 2. The first-order valence-corrected chi connectivity index (χ1v) is 8.29. The first kappa shape index (κ1) is 17.2. The van der Waals surface area contributed by atoms with Gasteiger partial charge in [0.05, 0.1) is 0 Å². The highest BCUT2D eigenvalue weighted by Gasteiger charge is 2.10. The predicted octanol–water partition coefficient (Wildman–Crippen LogP) is 2.03. The minimum absolute atomic E-state index is 0.158. The van der Waals surface area contributed by atoms with Crippen LogP contribution >= 0.6 is 11.8 Å². The second-order valence-corrected chi connectivity index (χ2v) is 6.17. The maximum atomic E-state index is 12.2. The minimum atomic E-state index is -2.44. The summed E-state index contributed by atoms with van der Waals surface area (Å²) in [4.78, 5) is 14.8. The van der Waals surface area contributed by atoms with Crippen LogP contribution in [0.25, 0.3) is 0 Å². The zero-order valence-corrected chi connectivity index (χ0v) is 13.2. The lowest BCUT2D eigenvalue weighted by Crippen LogP contribution is -2.44. The first-order valence-electron chi connectivity index (χ1n) is 7.41. The molecule has 122 valence electrons. The Bertz CT molecular complexity index is 464. The van der Waals surface area contributed by atoms with Crippen molar-refractivity contribution in [1.82, 2.24) is 15.5 Å². The summed E-state index contributed by atoms with van der Waals surface area (Å²) in [5, 5.41) is 6.16. The molecule has 1 aromatic carbocycles. The molecule has 0 bridgehead atoms. The third kappa shape index (κ3) is 5.90. The standard InChI is InChI=1S/C15H21F2N3OS/c16-15(17)22-13-4-2-12(3-5-13)14(21)19-6-1-9-20-10-7-18-8-11-20/h2-5,15,18H,1,6-11H2,(H,19,21). The van der Waals surface area contributed by atoms with Crippen molar-refractivity contribution in [3.05, 3.63) is 29.8 Å². The minimum Gasteiger partial charge on any atom is -0.352 e. The molecular formula is C15H21F2N3OS. The number of thioether (sulfide) groups is 1. The normalized spacial score (nSPS) is 16.0. The summed E-state index contributed by atoms with van der Waals surface area (Å²) in [6.07, 6.45) is 0.908. The molecule has 2 N–H and O–H groups in total. The molecule has 22 heavy (non-hydrogen) atoms. The number of nitrogens with one attached hydrogen (secondary N) is 2. The van der Waals surface area contributed by atoms with E-state index in [1.807, 2.05) is 0 Å². The molecule has 0 saturated carbocycles. The molecule has 0 atom stereocenters. The van der Waals surface area contributed by atoms with E-state index in [1.165, 1.54) is 0 Å². The van der Waals surface area contributed by atoms with Gasteiger partial charge in [-0.15, -0.1) is 0 Å². The van der Waals surface area contributed by atoms with Gasteiger partial charge in [-0.05, 0) is 37.2 Å². The van der Waals surface area contributed by atoms with E-state index in [9.17, 15) is 13.6 Å². The van der Waals surface area contributed by atoms with Gasteiger partial charge in [0.2, 0.25) is 0 Å². The van der Waals surface area contributed by atoms with Gasteiger partial charge in [0, 0.05) is 43.2 Å². The molecule has 2 rings (SSSR count). The highest BCUT2D eigenvalue weighted by molar-refractivity contribution is 7.99. The highest BCUT2D eigenvalue weighted by atomic mass is 32.2. The Balaban J connectivity index is 1.68. The summed E-state index contributed by atoms with van der Waals surface area (Å²) in [5.74, 6) is -2.60. The van der Waals surface area contributed by atoms with Gasteiger partial charge in [-0.25, -0.2) is 0 Å². The largest absolute Gasteiger partial charge is 0.352 e. The topological polar surface area (TPSA) is 44.4 Å². The number of halogens is 2. The zero-order chi connectivity index (χ0) is 15.8. The number of nitrogens with zero attached hydrogens (tertiary/aromatic N) is 1. The van der Waals surface area contributed by atoms with Crippen LogP contribution in [0.4, 0.5) is 8.78 Å². The smallest absolute Gasteiger partial charge is 0.288 e. The van der Waals surface area contributed by atoms with Crippen molar-refractivity contribution >= 4 is 17.7 Å². The molecule has 0 spiro atoms. The van der Waals surface area contributed by atoms with Crippen LogP contribution in [0.2, 0.25) is 0 Å². The Hall–Kier alpha value is -1.18. The van der Waals surface area contributed by atoms with Crippen molar-refractivity contribution in [3.8, 4) is 0 Å². The molecule has 0 aromatic heterocycles. The van der Waals surface area contributed by atoms with Crippen molar-refractivity contribution in [3.63, 3.8) is 0 Å². The summed E-state index contributed by atoms with van der Waals surface area (Å²) >= 11 is 0.480. The van der Waals surface area contributed by atoms with Crippen LogP contribution in [0.3, 0.4) is 0 Å². The Morgan fingerprint density at radius 2 is 1.95 bits per heavy atom. The van der Waals surface area contributed by atoms with E-state index < -0.39 is 5.76 Å². The summed E-state index contributed by atoms with van der Waals surface area (Å²) < 4.78 is 24.4. The Morgan fingerprint density at radius 1 is 1.27 bits per heavy atom. The number of rotatable bonds is 7. The van der Waals surface area contributed by atoms with Crippen molar-refractivity contribution in [2.45, 2.75) is 17.1 Å². The number of benzene rings is 1. The van der Waals surface area contributed by atoms with Crippen LogP contribution in [0.15, 0.2) is 29.2 Å². The number of piperazine rings is 1. The predicted molar refractivity (Wildman–Crippen MR) is 84.6 cm³/mol. The van der Waals surface area contributed by atoms with E-state index in [2.05, 4.69) is 15.5 Å². The molecule has 1 fully saturated rings. The van der Waals surface area contributed by atoms with Gasteiger partial charge in [-0.3, -0.25) is 4.79 Å². The number of amides is 1. The van der Waals surface area contributed by atoms with Gasteiger partial charge in [0.25, 0.3) is 11.7 Å². The molecule has 1 aliphatic heterocycles. The van der Waals surface area contributed by atoms with Crippen LogP contribution in [0.1, 0.15) is 16.8 Å². The van der Waals surface area contributed by atoms with E-state index in [0.29, 0.717) is 28.8 Å². The fraction of sp³-hybridized carbons (Fsp3) is 0.533. The SMILES string of the molecule is O=C(NCCCN1CCNCC1)c1ccc(SC(F)F)cc1. The molecule has 0 aliphatic carbocycles. The van der Waals surface area contributed by atoms with Crippen molar-refractivity contribution < 1.29 is 13.6 Å². The zero-order valence-electron chi connectivity index (χ0n) is 12.4. The molecule has 1 aromatic rings. The average molecular weight is 329 g/mol. The first-order chi connectivity index (χ1) is 10.6. The fourth-order valence-corrected chi connectivity index (χ4v) is 2.83. The number of carbonyl (C=O) groups excluding carboxylic acids is 1. The van der Waals surface area contributed by atoms with E-state index >= 15 is 0 Å². The van der Waals surface area contributed by atoms with E-state index in [1.54, 1.807) is 24.3 Å². The molecular weight excluding hydrogens is 308 g/mol. The van der Waals surface area contributed by atoms with E-state index in [4.69, 9.17) is 0 Å². The number of hydrogen-bond acceptors (Lipinski definition) is 4. The molecule has 7 heteroatoms. The lowest BCUT2D eigenvalue weighted by Gasteiger charge is -2.27. The summed E-state index contributed by atoms with van der Waals surface area (Å²) in [6, 6.07) is 6.26. The molecule has 4 nitrogen and oxygen atoms in total. The Labute approximate surface area is 133 Å². The molecule has 0 unspecified atom stereocenters. The van der Waals surface area contributed by atoms with Crippen LogP contribution in [-0.2, 0) is 0 Å². The van der Waals surface area contributed by atoms with Gasteiger partial charge < -0.3 is 15.5 Å². The number of carbonyl (C=O) groups is 1. The Morgan fingerprint density at radius 3 is 2.59 bits per heavy atom. The molecule has 1 heterocycles. The maximum absolute atomic E-state index is 12.2. The molecule has 0 radical (unpaired) electrons. The lowest BCUT2D eigenvalue weighted by molar-refractivity contribution is 0.0951. The summed E-state index contributed by atoms with van der Waals surface area (Å²) in [7, 11) is 0. The van der Waals surface area contributed by atoms with Crippen LogP contribution in [-0.4, -0.2) is 55.8 Å². The van der Waals surface area contributed by atoms with Crippen LogP contribution < -0.4 is 10.6 Å². The third-order valence-electron chi connectivity index (χ3n) is 3.49.